The standard InChI is InChI=1S/C11H7ClINO3S/c1-16-10(15)8-9(12)14-11(18-8)17-7-4-2-3-6(13)5-7/h2-5H,1H3. The average molecular weight is 396 g/mol. The van der Waals surface area contributed by atoms with Gasteiger partial charge in [-0.1, -0.05) is 29.0 Å². The number of halogens is 2. The molecule has 1 heterocycles. The molecule has 0 aliphatic rings. The number of nitrogens with zero attached hydrogens (tertiary/aromatic N) is 1. The number of methoxy groups -OCH3 is 1. The van der Waals surface area contributed by atoms with Gasteiger partial charge in [-0.25, -0.2) is 4.79 Å². The Balaban J connectivity index is 2.23. The lowest BCUT2D eigenvalue weighted by Gasteiger charge is -2.00. The molecule has 0 saturated heterocycles. The van der Waals surface area contributed by atoms with E-state index in [0.29, 0.717) is 10.9 Å². The van der Waals surface area contributed by atoms with E-state index in [4.69, 9.17) is 16.3 Å². The fraction of sp³-hybridized carbons (Fsp3) is 0.0909. The Bertz CT molecular complexity index is 587. The molecule has 0 bridgehead atoms. The second-order valence-electron chi connectivity index (χ2n) is 3.15. The second kappa shape index (κ2) is 5.85. The number of hydrogen-bond acceptors (Lipinski definition) is 5. The summed E-state index contributed by atoms with van der Waals surface area (Å²) < 4.78 is 11.2. The minimum atomic E-state index is -0.519. The van der Waals surface area contributed by atoms with Crippen molar-refractivity contribution in [1.82, 2.24) is 4.98 Å². The molecule has 0 spiro atoms. The van der Waals surface area contributed by atoms with Crippen LogP contribution in [0.2, 0.25) is 5.15 Å². The van der Waals surface area contributed by atoms with Crippen LogP contribution in [0.15, 0.2) is 24.3 Å². The first-order chi connectivity index (χ1) is 8.60. The summed E-state index contributed by atoms with van der Waals surface area (Å²) in [6.45, 7) is 0. The summed E-state index contributed by atoms with van der Waals surface area (Å²) in [5, 5.41) is 0.398. The Morgan fingerprint density at radius 3 is 2.94 bits per heavy atom. The molecule has 18 heavy (non-hydrogen) atoms. The minimum absolute atomic E-state index is 0.0903. The molecular weight excluding hydrogens is 389 g/mol. The molecule has 2 aromatic rings. The number of thiazole rings is 1. The molecule has 0 aliphatic carbocycles. The summed E-state index contributed by atoms with van der Waals surface area (Å²) in [5.41, 5.74) is 0. The largest absolute Gasteiger partial charge is 0.465 e. The highest BCUT2D eigenvalue weighted by atomic mass is 127. The zero-order valence-corrected chi connectivity index (χ0v) is 12.9. The van der Waals surface area contributed by atoms with Crippen molar-refractivity contribution in [2.45, 2.75) is 0 Å². The number of rotatable bonds is 3. The number of carbonyl (C=O) groups is 1. The van der Waals surface area contributed by atoms with Gasteiger partial charge in [0.05, 0.1) is 7.11 Å². The number of aromatic nitrogens is 1. The normalized spacial score (nSPS) is 10.2. The Hall–Kier alpha value is -0.860. The third-order valence-electron chi connectivity index (χ3n) is 1.94. The summed E-state index contributed by atoms with van der Waals surface area (Å²) >= 11 is 9.06. The van der Waals surface area contributed by atoms with Gasteiger partial charge in [-0.2, -0.15) is 4.98 Å². The molecule has 0 amide bonds. The lowest BCUT2D eigenvalue weighted by atomic mass is 10.3. The first-order valence-electron chi connectivity index (χ1n) is 4.78. The van der Waals surface area contributed by atoms with Crippen LogP contribution in [-0.4, -0.2) is 18.1 Å². The Morgan fingerprint density at radius 1 is 1.50 bits per heavy atom. The lowest BCUT2D eigenvalue weighted by molar-refractivity contribution is 0.0606. The molecule has 4 nitrogen and oxygen atoms in total. The van der Waals surface area contributed by atoms with Crippen LogP contribution in [0.3, 0.4) is 0 Å². The SMILES string of the molecule is COC(=O)c1sc(Oc2cccc(I)c2)nc1Cl. The third-order valence-corrected chi connectivity index (χ3v) is 3.91. The van der Waals surface area contributed by atoms with Gasteiger partial charge >= 0.3 is 5.97 Å². The van der Waals surface area contributed by atoms with Crippen LogP contribution < -0.4 is 4.74 Å². The molecule has 0 unspecified atom stereocenters. The summed E-state index contributed by atoms with van der Waals surface area (Å²) in [5.74, 6) is 0.124. The van der Waals surface area contributed by atoms with Gasteiger partial charge in [0, 0.05) is 3.57 Å². The number of esters is 1. The molecule has 0 radical (unpaired) electrons. The first-order valence-corrected chi connectivity index (χ1v) is 7.05. The van der Waals surface area contributed by atoms with Crippen LogP contribution in [-0.2, 0) is 4.74 Å². The van der Waals surface area contributed by atoms with Gasteiger partial charge in [-0.05, 0) is 40.8 Å². The van der Waals surface area contributed by atoms with Gasteiger partial charge in [-0.3, -0.25) is 0 Å². The van der Waals surface area contributed by atoms with E-state index in [-0.39, 0.29) is 10.0 Å². The predicted octanol–water partition coefficient (Wildman–Crippen LogP) is 3.98. The summed E-state index contributed by atoms with van der Waals surface area (Å²) in [4.78, 5) is 15.6. The minimum Gasteiger partial charge on any atom is -0.465 e. The van der Waals surface area contributed by atoms with E-state index >= 15 is 0 Å². The predicted molar refractivity (Wildman–Crippen MR) is 77.7 cm³/mol. The third kappa shape index (κ3) is 3.12. The van der Waals surface area contributed by atoms with Crippen molar-refractivity contribution in [3.63, 3.8) is 0 Å². The Labute approximate surface area is 126 Å². The van der Waals surface area contributed by atoms with E-state index < -0.39 is 5.97 Å². The highest BCUT2D eigenvalue weighted by molar-refractivity contribution is 14.1. The molecule has 2 rings (SSSR count). The topological polar surface area (TPSA) is 48.4 Å². The molecule has 0 fully saturated rings. The van der Waals surface area contributed by atoms with Crippen molar-refractivity contribution in [2.75, 3.05) is 7.11 Å². The van der Waals surface area contributed by atoms with Crippen molar-refractivity contribution in [1.29, 1.82) is 0 Å². The van der Waals surface area contributed by atoms with Crippen molar-refractivity contribution in [3.05, 3.63) is 37.9 Å². The van der Waals surface area contributed by atoms with Crippen molar-refractivity contribution < 1.29 is 14.3 Å². The van der Waals surface area contributed by atoms with Crippen LogP contribution in [0.25, 0.3) is 0 Å². The maximum atomic E-state index is 11.4. The van der Waals surface area contributed by atoms with Crippen LogP contribution in [0.5, 0.6) is 10.9 Å². The van der Waals surface area contributed by atoms with Crippen LogP contribution in [0.4, 0.5) is 0 Å². The summed E-state index contributed by atoms with van der Waals surface area (Å²) in [6.07, 6.45) is 0. The smallest absolute Gasteiger partial charge is 0.351 e. The highest BCUT2D eigenvalue weighted by Gasteiger charge is 2.18. The maximum absolute atomic E-state index is 11.4. The van der Waals surface area contributed by atoms with Gasteiger partial charge < -0.3 is 9.47 Å². The molecule has 0 saturated carbocycles. The van der Waals surface area contributed by atoms with Crippen molar-refractivity contribution >= 4 is 51.5 Å². The van der Waals surface area contributed by atoms with Gasteiger partial charge in [0.2, 0.25) is 0 Å². The van der Waals surface area contributed by atoms with Crippen molar-refractivity contribution in [2.24, 2.45) is 0 Å². The van der Waals surface area contributed by atoms with Crippen molar-refractivity contribution in [3.8, 4) is 10.9 Å². The number of hydrogen-bond donors (Lipinski definition) is 0. The zero-order chi connectivity index (χ0) is 13.1. The lowest BCUT2D eigenvalue weighted by Crippen LogP contribution is -1.98. The number of carbonyl (C=O) groups excluding carboxylic acids is 1. The number of ether oxygens (including phenoxy) is 2. The monoisotopic (exact) mass is 395 g/mol. The quantitative estimate of drug-likeness (QED) is 0.583. The molecule has 94 valence electrons. The molecule has 0 atom stereocenters. The molecule has 7 heteroatoms. The Morgan fingerprint density at radius 2 is 2.28 bits per heavy atom. The average Bonchev–Trinajstić information content (AvgIpc) is 2.69. The van der Waals surface area contributed by atoms with Gasteiger partial charge in [0.1, 0.15) is 5.75 Å². The van der Waals surface area contributed by atoms with Crippen LogP contribution >= 0.6 is 45.5 Å². The van der Waals surface area contributed by atoms with E-state index in [0.717, 1.165) is 14.9 Å². The fourth-order valence-corrected chi connectivity index (χ4v) is 2.76. The molecular formula is C11H7ClINO3S. The fourth-order valence-electron chi connectivity index (χ4n) is 1.18. The molecule has 0 N–H and O–H groups in total. The first kappa shape index (κ1) is 13.6. The molecule has 1 aromatic heterocycles. The maximum Gasteiger partial charge on any atom is 0.351 e. The summed E-state index contributed by atoms with van der Waals surface area (Å²) in [6, 6.07) is 7.47. The van der Waals surface area contributed by atoms with E-state index in [1.165, 1.54) is 7.11 Å². The van der Waals surface area contributed by atoms with Gasteiger partial charge in [-0.15, -0.1) is 0 Å². The number of benzene rings is 1. The van der Waals surface area contributed by atoms with E-state index in [1.54, 1.807) is 6.07 Å². The zero-order valence-electron chi connectivity index (χ0n) is 9.15. The van der Waals surface area contributed by atoms with Gasteiger partial charge in [0.15, 0.2) is 10.0 Å². The van der Waals surface area contributed by atoms with Gasteiger partial charge in [0.25, 0.3) is 5.19 Å². The molecule has 0 aliphatic heterocycles. The van der Waals surface area contributed by atoms with E-state index in [9.17, 15) is 4.79 Å². The Kier molecular flexibility index (Phi) is 4.41. The van der Waals surface area contributed by atoms with E-state index in [1.807, 2.05) is 18.2 Å². The van der Waals surface area contributed by atoms with Crippen LogP contribution in [0, 0.1) is 3.57 Å². The molecule has 1 aromatic carbocycles. The second-order valence-corrected chi connectivity index (χ2v) is 5.72. The van der Waals surface area contributed by atoms with E-state index in [2.05, 4.69) is 32.3 Å². The highest BCUT2D eigenvalue weighted by Crippen LogP contribution is 2.32. The summed E-state index contributed by atoms with van der Waals surface area (Å²) in [7, 11) is 1.29. The van der Waals surface area contributed by atoms with Crippen LogP contribution in [0.1, 0.15) is 9.67 Å².